The van der Waals surface area contributed by atoms with E-state index in [1.54, 1.807) is 0 Å². The molecule has 2 aliphatic rings. The van der Waals surface area contributed by atoms with Gasteiger partial charge in [0.05, 0.1) is 31.6 Å². The van der Waals surface area contributed by atoms with E-state index in [2.05, 4.69) is 6.58 Å². The summed E-state index contributed by atoms with van der Waals surface area (Å²) in [6.07, 6.45) is -3.78. The summed E-state index contributed by atoms with van der Waals surface area (Å²) in [5.41, 5.74) is -2.91. The molecule has 1 saturated carbocycles. The second-order valence-corrected chi connectivity index (χ2v) is 7.81. The molecule has 1 aromatic rings. The first-order valence-corrected chi connectivity index (χ1v) is 9.55. The number of carboxylic acid groups (broad SMARTS) is 1. The lowest BCUT2D eigenvalue weighted by Gasteiger charge is -2.41. The van der Waals surface area contributed by atoms with Crippen LogP contribution >= 0.6 is 0 Å². The molecular weight excluding hydrogens is 421 g/mol. The van der Waals surface area contributed by atoms with Crippen molar-refractivity contribution in [3.8, 4) is 0 Å². The fourth-order valence-electron chi connectivity index (χ4n) is 3.48. The summed E-state index contributed by atoms with van der Waals surface area (Å²) in [6, 6.07) is 4.43. The fraction of sp³-hybridized carbons (Fsp3) is 0.476. The first kappa shape index (κ1) is 22.8. The van der Waals surface area contributed by atoms with Crippen LogP contribution in [0.2, 0.25) is 0 Å². The number of benzene rings is 1. The number of aliphatic carboxylic acids is 1. The number of carbonyl (C=O) groups is 3. The van der Waals surface area contributed by atoms with Gasteiger partial charge in [-0.2, -0.15) is 13.2 Å². The van der Waals surface area contributed by atoms with Gasteiger partial charge in [-0.3, -0.25) is 9.59 Å². The Labute approximate surface area is 175 Å². The molecule has 1 aliphatic heterocycles. The summed E-state index contributed by atoms with van der Waals surface area (Å²) in [7, 11) is 0. The number of alkyl halides is 3. The molecule has 1 saturated heterocycles. The van der Waals surface area contributed by atoms with Gasteiger partial charge >= 0.3 is 24.1 Å². The first-order valence-electron chi connectivity index (χ1n) is 9.55. The molecule has 168 valence electrons. The highest BCUT2D eigenvalue weighted by atomic mass is 19.4. The van der Waals surface area contributed by atoms with Crippen LogP contribution in [0.25, 0.3) is 0 Å². The standard InChI is InChI=1S/C21H21F3O7/c1-13(18(28)31-19(10-16(25)26)11-29-12-19)9-17(27)30-20(7-2-8-20)14-3-5-15(6-4-14)21(22,23)24/h3-6H,1-2,7-12H2,(H,25,26). The van der Waals surface area contributed by atoms with E-state index < -0.39 is 53.7 Å². The molecule has 1 aromatic carbocycles. The zero-order valence-corrected chi connectivity index (χ0v) is 16.5. The van der Waals surface area contributed by atoms with Crippen LogP contribution in [0.15, 0.2) is 36.4 Å². The minimum absolute atomic E-state index is 0.0696. The molecule has 1 aliphatic carbocycles. The zero-order chi connectivity index (χ0) is 22.9. The Morgan fingerprint density at radius 2 is 1.71 bits per heavy atom. The Kier molecular flexibility index (Phi) is 6.13. The number of carboxylic acids is 1. The maximum Gasteiger partial charge on any atom is 0.416 e. The van der Waals surface area contributed by atoms with Crippen LogP contribution in [0.4, 0.5) is 13.2 Å². The monoisotopic (exact) mass is 442 g/mol. The Morgan fingerprint density at radius 1 is 1.10 bits per heavy atom. The van der Waals surface area contributed by atoms with E-state index in [-0.39, 0.29) is 18.8 Å². The molecule has 0 aromatic heterocycles. The zero-order valence-electron chi connectivity index (χ0n) is 16.5. The Hall–Kier alpha value is -2.88. The van der Waals surface area contributed by atoms with Crippen molar-refractivity contribution >= 4 is 17.9 Å². The van der Waals surface area contributed by atoms with Gasteiger partial charge < -0.3 is 19.3 Å². The third-order valence-corrected chi connectivity index (χ3v) is 5.37. The molecule has 1 heterocycles. The lowest BCUT2D eigenvalue weighted by atomic mass is 9.74. The molecule has 7 nitrogen and oxygen atoms in total. The smallest absolute Gasteiger partial charge is 0.416 e. The van der Waals surface area contributed by atoms with Crippen LogP contribution in [-0.4, -0.2) is 41.8 Å². The summed E-state index contributed by atoms with van der Waals surface area (Å²) in [5, 5.41) is 8.94. The van der Waals surface area contributed by atoms with Crippen molar-refractivity contribution in [1.82, 2.24) is 0 Å². The van der Waals surface area contributed by atoms with Crippen molar-refractivity contribution in [3.63, 3.8) is 0 Å². The number of ether oxygens (including phenoxy) is 3. The number of rotatable bonds is 8. The summed E-state index contributed by atoms with van der Waals surface area (Å²) in [5.74, 6) is -2.87. The van der Waals surface area contributed by atoms with Crippen LogP contribution in [0.1, 0.15) is 43.2 Å². The van der Waals surface area contributed by atoms with Crippen LogP contribution < -0.4 is 0 Å². The van der Waals surface area contributed by atoms with E-state index in [0.717, 1.165) is 18.6 Å². The van der Waals surface area contributed by atoms with Gasteiger partial charge in [-0.05, 0) is 37.0 Å². The fourth-order valence-corrected chi connectivity index (χ4v) is 3.48. The van der Waals surface area contributed by atoms with E-state index in [0.29, 0.717) is 18.4 Å². The van der Waals surface area contributed by atoms with Crippen molar-refractivity contribution in [3.05, 3.63) is 47.5 Å². The normalized spacial score (nSPS) is 18.8. The molecule has 0 atom stereocenters. The molecular formula is C21H21F3O7. The van der Waals surface area contributed by atoms with Gasteiger partial charge in [0, 0.05) is 5.57 Å². The van der Waals surface area contributed by atoms with E-state index in [1.807, 2.05) is 0 Å². The highest BCUT2D eigenvalue weighted by Crippen LogP contribution is 2.45. The predicted octanol–water partition coefficient (Wildman–Crippen LogP) is 3.36. The molecule has 2 fully saturated rings. The molecule has 0 unspecified atom stereocenters. The minimum Gasteiger partial charge on any atom is -0.481 e. The third-order valence-electron chi connectivity index (χ3n) is 5.37. The van der Waals surface area contributed by atoms with Gasteiger partial charge in [0.25, 0.3) is 0 Å². The van der Waals surface area contributed by atoms with Crippen LogP contribution in [-0.2, 0) is 40.4 Å². The van der Waals surface area contributed by atoms with Crippen molar-refractivity contribution in [2.24, 2.45) is 0 Å². The van der Waals surface area contributed by atoms with E-state index in [4.69, 9.17) is 19.3 Å². The quantitative estimate of drug-likeness (QED) is 0.487. The van der Waals surface area contributed by atoms with E-state index >= 15 is 0 Å². The highest BCUT2D eigenvalue weighted by molar-refractivity contribution is 5.93. The van der Waals surface area contributed by atoms with Gasteiger partial charge in [0.1, 0.15) is 5.60 Å². The molecule has 1 N–H and O–H groups in total. The lowest BCUT2D eigenvalue weighted by Crippen LogP contribution is -2.54. The van der Waals surface area contributed by atoms with Crippen molar-refractivity contribution < 1.29 is 46.9 Å². The van der Waals surface area contributed by atoms with Crippen LogP contribution in [0, 0.1) is 0 Å². The Morgan fingerprint density at radius 3 is 2.13 bits per heavy atom. The van der Waals surface area contributed by atoms with E-state index in [9.17, 15) is 27.6 Å². The number of hydrogen-bond donors (Lipinski definition) is 1. The number of carbonyl (C=O) groups excluding carboxylic acids is 2. The summed E-state index contributed by atoms with van der Waals surface area (Å²) in [4.78, 5) is 35.6. The Bertz CT molecular complexity index is 881. The Balaban J connectivity index is 1.60. The largest absolute Gasteiger partial charge is 0.481 e. The van der Waals surface area contributed by atoms with Gasteiger partial charge in [0.2, 0.25) is 0 Å². The molecule has 0 amide bonds. The number of halogens is 3. The van der Waals surface area contributed by atoms with Gasteiger partial charge in [-0.15, -0.1) is 0 Å². The lowest BCUT2D eigenvalue weighted by molar-refractivity contribution is -0.214. The van der Waals surface area contributed by atoms with Crippen molar-refractivity contribution in [2.45, 2.75) is 49.5 Å². The second-order valence-electron chi connectivity index (χ2n) is 7.81. The average molecular weight is 442 g/mol. The molecule has 0 radical (unpaired) electrons. The summed E-state index contributed by atoms with van der Waals surface area (Å²) >= 11 is 0. The molecule has 0 spiro atoms. The molecule has 3 rings (SSSR count). The molecule has 0 bridgehead atoms. The average Bonchev–Trinajstić information content (AvgIpc) is 2.61. The van der Waals surface area contributed by atoms with Gasteiger partial charge in [-0.1, -0.05) is 18.7 Å². The van der Waals surface area contributed by atoms with Crippen LogP contribution in [0.3, 0.4) is 0 Å². The van der Waals surface area contributed by atoms with E-state index in [1.165, 1.54) is 12.1 Å². The summed E-state index contributed by atoms with van der Waals surface area (Å²) < 4.78 is 54.0. The minimum atomic E-state index is -4.47. The van der Waals surface area contributed by atoms with Crippen LogP contribution in [0.5, 0.6) is 0 Å². The summed E-state index contributed by atoms with van der Waals surface area (Å²) in [6.45, 7) is 3.37. The second kappa shape index (κ2) is 8.33. The van der Waals surface area contributed by atoms with Crippen molar-refractivity contribution in [1.29, 1.82) is 0 Å². The highest BCUT2D eigenvalue weighted by Gasteiger charge is 2.46. The van der Waals surface area contributed by atoms with Gasteiger partial charge in [0.15, 0.2) is 5.60 Å². The predicted molar refractivity (Wildman–Crippen MR) is 98.7 cm³/mol. The molecule has 31 heavy (non-hydrogen) atoms. The maximum absolute atomic E-state index is 12.8. The maximum atomic E-state index is 12.8. The first-order chi connectivity index (χ1) is 14.4. The van der Waals surface area contributed by atoms with Crippen molar-refractivity contribution in [2.75, 3.05) is 13.2 Å². The number of esters is 2. The number of hydrogen-bond acceptors (Lipinski definition) is 6. The topological polar surface area (TPSA) is 99.1 Å². The molecule has 10 heteroatoms. The SMILES string of the molecule is C=C(CC(=O)OC1(c2ccc(C(F)(F)F)cc2)CCC1)C(=O)OC1(CC(=O)O)COC1. The third kappa shape index (κ3) is 5.07. The van der Waals surface area contributed by atoms with Gasteiger partial charge in [-0.25, -0.2) is 4.79 Å².